The lowest BCUT2D eigenvalue weighted by atomic mass is 10.0. The standard InChI is InChI=1S/C23H27NO6/c1-23(2,3)30-22(28)24-19(21(26)27)12-13-20(25)17-10-7-11-18(14-17)29-15-16-8-5-4-6-9-16/h4-11,14,19H,12-13,15H2,1-3H3,(H,24,28)(H,26,27)/t19-/m0/s1. The molecule has 1 atom stereocenters. The summed E-state index contributed by atoms with van der Waals surface area (Å²) in [5.41, 5.74) is 0.678. The van der Waals surface area contributed by atoms with Gasteiger partial charge in [-0.1, -0.05) is 42.5 Å². The molecule has 0 aliphatic rings. The molecule has 2 N–H and O–H groups in total. The number of hydrogen-bond acceptors (Lipinski definition) is 5. The van der Waals surface area contributed by atoms with Crippen LogP contribution >= 0.6 is 0 Å². The van der Waals surface area contributed by atoms with E-state index in [2.05, 4.69) is 5.32 Å². The number of Topliss-reactive ketones (excluding diaryl/α,β-unsaturated/α-hetero) is 1. The molecule has 2 rings (SSSR count). The summed E-state index contributed by atoms with van der Waals surface area (Å²) in [6, 6.07) is 15.2. The predicted molar refractivity (Wildman–Crippen MR) is 112 cm³/mol. The van der Waals surface area contributed by atoms with Crippen LogP contribution in [0, 0.1) is 0 Å². The van der Waals surface area contributed by atoms with Gasteiger partial charge < -0.3 is 19.9 Å². The van der Waals surface area contributed by atoms with Gasteiger partial charge in [-0.15, -0.1) is 0 Å². The second-order valence-electron chi connectivity index (χ2n) is 7.80. The van der Waals surface area contributed by atoms with Crippen molar-refractivity contribution in [3.05, 3.63) is 65.7 Å². The molecule has 7 heteroatoms. The molecule has 0 aromatic heterocycles. The van der Waals surface area contributed by atoms with Crippen molar-refractivity contribution in [2.75, 3.05) is 0 Å². The van der Waals surface area contributed by atoms with Gasteiger partial charge >= 0.3 is 12.1 Å². The van der Waals surface area contributed by atoms with Crippen LogP contribution in [0.4, 0.5) is 4.79 Å². The third-order valence-corrected chi connectivity index (χ3v) is 4.05. The third kappa shape index (κ3) is 7.95. The van der Waals surface area contributed by atoms with E-state index in [-0.39, 0.29) is 18.6 Å². The predicted octanol–water partition coefficient (Wildman–Crippen LogP) is 4.21. The Bertz CT molecular complexity index is 873. The van der Waals surface area contributed by atoms with E-state index in [0.29, 0.717) is 17.9 Å². The molecule has 7 nitrogen and oxygen atoms in total. The van der Waals surface area contributed by atoms with Gasteiger partial charge in [0.05, 0.1) is 0 Å². The van der Waals surface area contributed by atoms with E-state index in [4.69, 9.17) is 9.47 Å². The van der Waals surface area contributed by atoms with Crippen LogP contribution in [-0.4, -0.2) is 34.6 Å². The monoisotopic (exact) mass is 413 g/mol. The first-order chi connectivity index (χ1) is 14.1. The van der Waals surface area contributed by atoms with Crippen LogP contribution in [0.2, 0.25) is 0 Å². The second kappa shape index (κ2) is 10.4. The van der Waals surface area contributed by atoms with Gasteiger partial charge in [0.15, 0.2) is 5.78 Å². The zero-order valence-corrected chi connectivity index (χ0v) is 17.4. The number of amides is 1. The van der Waals surface area contributed by atoms with Crippen molar-refractivity contribution in [1.82, 2.24) is 5.32 Å². The summed E-state index contributed by atoms with van der Waals surface area (Å²) < 4.78 is 10.8. The normalized spacial score (nSPS) is 12.0. The van der Waals surface area contributed by atoms with Crippen LogP contribution in [0.25, 0.3) is 0 Å². The fourth-order valence-electron chi connectivity index (χ4n) is 2.63. The molecule has 0 aliphatic carbocycles. The van der Waals surface area contributed by atoms with Gasteiger partial charge in [0.1, 0.15) is 24.0 Å². The van der Waals surface area contributed by atoms with Gasteiger partial charge in [0.25, 0.3) is 0 Å². The first-order valence-corrected chi connectivity index (χ1v) is 9.66. The molecule has 2 aromatic rings. The summed E-state index contributed by atoms with van der Waals surface area (Å²) in [5.74, 6) is -0.919. The smallest absolute Gasteiger partial charge is 0.408 e. The quantitative estimate of drug-likeness (QED) is 0.597. The molecule has 0 aliphatic heterocycles. The summed E-state index contributed by atoms with van der Waals surface area (Å²) in [5, 5.41) is 11.6. The second-order valence-corrected chi connectivity index (χ2v) is 7.80. The Kier molecular flexibility index (Phi) is 7.98. The van der Waals surface area contributed by atoms with Crippen molar-refractivity contribution in [3.8, 4) is 5.75 Å². The Morgan fingerprint density at radius 1 is 1.03 bits per heavy atom. The fraction of sp³-hybridized carbons (Fsp3) is 0.348. The third-order valence-electron chi connectivity index (χ3n) is 4.05. The lowest BCUT2D eigenvalue weighted by Crippen LogP contribution is -2.43. The van der Waals surface area contributed by atoms with Gasteiger partial charge in [0, 0.05) is 12.0 Å². The minimum atomic E-state index is -1.23. The van der Waals surface area contributed by atoms with E-state index in [9.17, 15) is 19.5 Å². The highest BCUT2D eigenvalue weighted by Crippen LogP contribution is 2.17. The molecule has 0 saturated carbocycles. The Labute approximate surface area is 176 Å². The summed E-state index contributed by atoms with van der Waals surface area (Å²) in [7, 11) is 0. The molecule has 0 saturated heterocycles. The van der Waals surface area contributed by atoms with Gasteiger partial charge in [-0.2, -0.15) is 0 Å². The van der Waals surface area contributed by atoms with Gasteiger partial charge in [-0.3, -0.25) is 4.79 Å². The lowest BCUT2D eigenvalue weighted by Gasteiger charge is -2.21. The van der Waals surface area contributed by atoms with Crippen LogP contribution in [0.15, 0.2) is 54.6 Å². The maximum absolute atomic E-state index is 12.5. The molecule has 30 heavy (non-hydrogen) atoms. The number of benzene rings is 2. The number of nitrogens with one attached hydrogen (secondary N) is 1. The number of rotatable bonds is 9. The number of hydrogen-bond donors (Lipinski definition) is 2. The molecule has 2 aromatic carbocycles. The Morgan fingerprint density at radius 2 is 1.73 bits per heavy atom. The fourth-order valence-corrected chi connectivity index (χ4v) is 2.63. The van der Waals surface area contributed by atoms with Gasteiger partial charge in [0.2, 0.25) is 0 Å². The van der Waals surface area contributed by atoms with Crippen LogP contribution < -0.4 is 10.1 Å². The largest absolute Gasteiger partial charge is 0.489 e. The number of ether oxygens (including phenoxy) is 2. The first kappa shape index (κ1) is 22.9. The van der Waals surface area contributed by atoms with Gasteiger partial charge in [-0.05, 0) is 44.9 Å². The number of carbonyl (C=O) groups is 3. The number of carbonyl (C=O) groups excluding carboxylic acids is 2. The molecular formula is C23H27NO6. The molecule has 0 heterocycles. The number of ketones is 1. The van der Waals surface area contributed by atoms with E-state index in [1.807, 2.05) is 30.3 Å². The summed E-state index contributed by atoms with van der Waals surface area (Å²) in [6.45, 7) is 5.41. The summed E-state index contributed by atoms with van der Waals surface area (Å²) in [4.78, 5) is 35.8. The average Bonchev–Trinajstić information content (AvgIpc) is 2.68. The van der Waals surface area contributed by atoms with E-state index < -0.39 is 23.7 Å². The lowest BCUT2D eigenvalue weighted by molar-refractivity contribution is -0.139. The van der Waals surface area contributed by atoms with Crippen molar-refractivity contribution >= 4 is 17.8 Å². The minimum absolute atomic E-state index is 0.0467. The van der Waals surface area contributed by atoms with Crippen molar-refractivity contribution in [2.24, 2.45) is 0 Å². The highest BCUT2D eigenvalue weighted by molar-refractivity contribution is 5.96. The van der Waals surface area contributed by atoms with Crippen LogP contribution in [0.3, 0.4) is 0 Å². The molecule has 0 fully saturated rings. The van der Waals surface area contributed by atoms with E-state index in [1.54, 1.807) is 45.0 Å². The highest BCUT2D eigenvalue weighted by atomic mass is 16.6. The van der Waals surface area contributed by atoms with Crippen molar-refractivity contribution < 1.29 is 29.0 Å². The molecule has 0 unspecified atom stereocenters. The molecule has 0 spiro atoms. The molecule has 1 amide bonds. The maximum atomic E-state index is 12.5. The molecular weight excluding hydrogens is 386 g/mol. The van der Waals surface area contributed by atoms with E-state index in [1.165, 1.54) is 0 Å². The molecule has 0 bridgehead atoms. The maximum Gasteiger partial charge on any atom is 0.408 e. The zero-order chi connectivity index (χ0) is 22.1. The number of aliphatic carboxylic acids is 1. The van der Waals surface area contributed by atoms with Crippen molar-refractivity contribution in [3.63, 3.8) is 0 Å². The van der Waals surface area contributed by atoms with Crippen molar-refractivity contribution in [2.45, 2.75) is 51.9 Å². The Balaban J connectivity index is 1.92. The summed E-state index contributed by atoms with van der Waals surface area (Å²) in [6.07, 6.45) is -0.934. The summed E-state index contributed by atoms with van der Waals surface area (Å²) >= 11 is 0. The molecule has 160 valence electrons. The Morgan fingerprint density at radius 3 is 2.37 bits per heavy atom. The van der Waals surface area contributed by atoms with E-state index in [0.717, 1.165) is 5.56 Å². The number of carboxylic acids is 1. The molecule has 0 radical (unpaired) electrons. The first-order valence-electron chi connectivity index (χ1n) is 9.66. The number of alkyl carbamates (subject to hydrolysis) is 1. The topological polar surface area (TPSA) is 102 Å². The van der Waals surface area contributed by atoms with Crippen LogP contribution in [0.1, 0.15) is 49.5 Å². The van der Waals surface area contributed by atoms with E-state index >= 15 is 0 Å². The van der Waals surface area contributed by atoms with Crippen LogP contribution in [0.5, 0.6) is 5.75 Å². The SMILES string of the molecule is CC(C)(C)OC(=O)N[C@@H](CCC(=O)c1cccc(OCc2ccccc2)c1)C(=O)O. The highest BCUT2D eigenvalue weighted by Gasteiger charge is 2.24. The van der Waals surface area contributed by atoms with Crippen LogP contribution in [-0.2, 0) is 16.1 Å². The zero-order valence-electron chi connectivity index (χ0n) is 17.4. The number of carboxylic acid groups (broad SMARTS) is 1. The van der Waals surface area contributed by atoms with Gasteiger partial charge in [-0.25, -0.2) is 9.59 Å². The Hall–Kier alpha value is -3.35. The average molecular weight is 413 g/mol. The minimum Gasteiger partial charge on any atom is -0.489 e. The van der Waals surface area contributed by atoms with Crippen molar-refractivity contribution in [1.29, 1.82) is 0 Å².